The molecule has 0 aliphatic heterocycles. The minimum atomic E-state index is 0.756. The Hall–Kier alpha value is -1.69. The van der Waals surface area contributed by atoms with Gasteiger partial charge in [-0.1, -0.05) is 0 Å². The van der Waals surface area contributed by atoms with Crippen molar-refractivity contribution in [3.63, 3.8) is 0 Å². The highest BCUT2D eigenvalue weighted by atomic mass is 16.5. The fourth-order valence-corrected chi connectivity index (χ4v) is 1.81. The molecule has 0 aliphatic carbocycles. The van der Waals surface area contributed by atoms with Crippen molar-refractivity contribution in [3.05, 3.63) is 12.5 Å². The van der Waals surface area contributed by atoms with E-state index in [0.717, 1.165) is 36.4 Å². The molecule has 0 radical (unpaired) electrons. The minimum absolute atomic E-state index is 0.756. The van der Waals surface area contributed by atoms with E-state index >= 15 is 0 Å². The highest BCUT2D eigenvalue weighted by Crippen LogP contribution is 2.20. The molecule has 0 saturated heterocycles. The van der Waals surface area contributed by atoms with Crippen LogP contribution < -0.4 is 4.90 Å². The van der Waals surface area contributed by atoms with Gasteiger partial charge < -0.3 is 9.64 Å². The Balaban J connectivity index is 2.22. The normalized spacial score (nSPS) is 11.0. The largest absolute Gasteiger partial charge is 0.385 e. The third kappa shape index (κ3) is 2.36. The number of rotatable bonds is 5. The van der Waals surface area contributed by atoms with Crippen LogP contribution in [0.15, 0.2) is 12.5 Å². The molecule has 92 valence electrons. The van der Waals surface area contributed by atoms with Crippen molar-refractivity contribution < 1.29 is 4.74 Å². The molecule has 0 amide bonds. The second-order valence-corrected chi connectivity index (χ2v) is 3.97. The van der Waals surface area contributed by atoms with Gasteiger partial charge in [0.1, 0.15) is 12.1 Å². The first-order valence-electron chi connectivity index (χ1n) is 5.57. The summed E-state index contributed by atoms with van der Waals surface area (Å²) in [7, 11) is 5.61. The number of anilines is 1. The number of aryl methyl sites for hydroxylation is 1. The summed E-state index contributed by atoms with van der Waals surface area (Å²) >= 11 is 0. The van der Waals surface area contributed by atoms with E-state index in [9.17, 15) is 0 Å². The standard InChI is InChI=1S/C11H17N5O/c1-15(5-4-6-17-3)10-9-7-14-16(2)11(9)13-8-12-10/h7-8H,4-6H2,1-3H3. The van der Waals surface area contributed by atoms with Gasteiger partial charge in [0.25, 0.3) is 0 Å². The van der Waals surface area contributed by atoms with Crippen LogP contribution in [0.3, 0.4) is 0 Å². The van der Waals surface area contributed by atoms with Crippen molar-refractivity contribution in [2.45, 2.75) is 6.42 Å². The van der Waals surface area contributed by atoms with Crippen LogP contribution in [-0.4, -0.2) is 47.1 Å². The van der Waals surface area contributed by atoms with Crippen molar-refractivity contribution >= 4 is 16.9 Å². The van der Waals surface area contributed by atoms with Crippen LogP contribution in [0.5, 0.6) is 0 Å². The molecule has 17 heavy (non-hydrogen) atoms. The number of aromatic nitrogens is 4. The van der Waals surface area contributed by atoms with Gasteiger partial charge in [-0.05, 0) is 6.42 Å². The van der Waals surface area contributed by atoms with Crippen LogP contribution in [0.25, 0.3) is 11.0 Å². The molecular formula is C11H17N5O. The molecule has 0 aliphatic rings. The molecule has 0 N–H and O–H groups in total. The van der Waals surface area contributed by atoms with Gasteiger partial charge in [-0.25, -0.2) is 9.97 Å². The molecule has 0 atom stereocenters. The summed E-state index contributed by atoms with van der Waals surface area (Å²) in [6.07, 6.45) is 4.35. The first-order valence-corrected chi connectivity index (χ1v) is 5.57. The Morgan fingerprint density at radius 3 is 3.00 bits per heavy atom. The zero-order valence-electron chi connectivity index (χ0n) is 10.4. The predicted octanol–water partition coefficient (Wildman–Crippen LogP) is 0.836. The summed E-state index contributed by atoms with van der Waals surface area (Å²) in [6, 6.07) is 0. The van der Waals surface area contributed by atoms with Gasteiger partial charge in [0, 0.05) is 34.4 Å². The zero-order valence-corrected chi connectivity index (χ0v) is 10.4. The lowest BCUT2D eigenvalue weighted by atomic mass is 10.3. The van der Waals surface area contributed by atoms with Gasteiger partial charge >= 0.3 is 0 Å². The molecule has 0 unspecified atom stereocenters. The third-order valence-corrected chi connectivity index (χ3v) is 2.71. The Labute approximate surface area is 100 Å². The Bertz CT molecular complexity index is 496. The summed E-state index contributed by atoms with van der Waals surface area (Å²) in [5.74, 6) is 0.916. The number of hydrogen-bond acceptors (Lipinski definition) is 5. The number of nitrogens with zero attached hydrogens (tertiary/aromatic N) is 5. The Morgan fingerprint density at radius 1 is 1.41 bits per heavy atom. The molecule has 6 heteroatoms. The van der Waals surface area contributed by atoms with E-state index in [1.807, 2.05) is 14.1 Å². The molecule has 6 nitrogen and oxygen atoms in total. The fraction of sp³-hybridized carbons (Fsp3) is 0.545. The van der Waals surface area contributed by atoms with E-state index in [-0.39, 0.29) is 0 Å². The van der Waals surface area contributed by atoms with Crippen molar-refractivity contribution in [1.82, 2.24) is 19.7 Å². The van der Waals surface area contributed by atoms with Crippen LogP contribution in [0.1, 0.15) is 6.42 Å². The van der Waals surface area contributed by atoms with Crippen LogP contribution in [0.2, 0.25) is 0 Å². The number of fused-ring (bicyclic) bond motifs is 1. The second kappa shape index (κ2) is 5.09. The molecule has 0 bridgehead atoms. The summed E-state index contributed by atoms with van der Waals surface area (Å²) in [5.41, 5.74) is 0.855. The zero-order chi connectivity index (χ0) is 12.3. The van der Waals surface area contributed by atoms with Crippen molar-refractivity contribution in [3.8, 4) is 0 Å². The van der Waals surface area contributed by atoms with E-state index in [0.29, 0.717) is 0 Å². The molecular weight excluding hydrogens is 218 g/mol. The van der Waals surface area contributed by atoms with Crippen LogP contribution >= 0.6 is 0 Å². The third-order valence-electron chi connectivity index (χ3n) is 2.71. The summed E-state index contributed by atoms with van der Waals surface area (Å²) in [5, 5.41) is 5.18. The lowest BCUT2D eigenvalue weighted by Gasteiger charge is -2.18. The van der Waals surface area contributed by atoms with Gasteiger partial charge in [0.2, 0.25) is 0 Å². The minimum Gasteiger partial charge on any atom is -0.385 e. The van der Waals surface area contributed by atoms with E-state index in [1.165, 1.54) is 0 Å². The van der Waals surface area contributed by atoms with E-state index < -0.39 is 0 Å². The van der Waals surface area contributed by atoms with Gasteiger partial charge in [0.15, 0.2) is 5.65 Å². The summed E-state index contributed by atoms with van der Waals surface area (Å²) in [4.78, 5) is 10.6. The molecule has 0 saturated carbocycles. The van der Waals surface area contributed by atoms with Crippen molar-refractivity contribution in [2.75, 3.05) is 32.2 Å². The molecule has 2 aromatic heterocycles. The molecule has 0 fully saturated rings. The number of hydrogen-bond donors (Lipinski definition) is 0. The molecule has 0 aromatic carbocycles. The maximum Gasteiger partial charge on any atom is 0.163 e. The topological polar surface area (TPSA) is 56.1 Å². The molecule has 0 spiro atoms. The maximum absolute atomic E-state index is 5.04. The first-order chi connectivity index (χ1) is 8.24. The van der Waals surface area contributed by atoms with Crippen molar-refractivity contribution in [2.24, 2.45) is 7.05 Å². The lowest BCUT2D eigenvalue weighted by molar-refractivity contribution is 0.196. The lowest BCUT2D eigenvalue weighted by Crippen LogP contribution is -2.21. The SMILES string of the molecule is COCCCN(C)c1ncnc2c1cnn2C. The second-order valence-electron chi connectivity index (χ2n) is 3.97. The van der Waals surface area contributed by atoms with Gasteiger partial charge in [-0.3, -0.25) is 4.68 Å². The molecule has 2 aromatic rings. The van der Waals surface area contributed by atoms with Crippen molar-refractivity contribution in [1.29, 1.82) is 0 Å². The number of ether oxygens (including phenoxy) is 1. The van der Waals surface area contributed by atoms with Crippen LogP contribution in [0.4, 0.5) is 5.82 Å². The highest BCUT2D eigenvalue weighted by Gasteiger charge is 2.10. The Morgan fingerprint density at radius 2 is 2.24 bits per heavy atom. The van der Waals surface area contributed by atoms with E-state index in [4.69, 9.17) is 4.74 Å². The average molecular weight is 235 g/mol. The van der Waals surface area contributed by atoms with Gasteiger partial charge in [-0.2, -0.15) is 5.10 Å². The number of methoxy groups -OCH3 is 1. The van der Waals surface area contributed by atoms with Gasteiger partial charge in [0.05, 0.1) is 11.6 Å². The van der Waals surface area contributed by atoms with Gasteiger partial charge in [-0.15, -0.1) is 0 Å². The monoisotopic (exact) mass is 235 g/mol. The Kier molecular flexibility index (Phi) is 3.53. The maximum atomic E-state index is 5.04. The first kappa shape index (κ1) is 11.8. The van der Waals surface area contributed by atoms with Crippen LogP contribution in [0, 0.1) is 0 Å². The van der Waals surface area contributed by atoms with Crippen LogP contribution in [-0.2, 0) is 11.8 Å². The van der Waals surface area contributed by atoms with E-state index in [1.54, 1.807) is 24.3 Å². The summed E-state index contributed by atoms with van der Waals surface area (Å²) in [6.45, 7) is 1.65. The average Bonchev–Trinajstić information content (AvgIpc) is 2.71. The summed E-state index contributed by atoms with van der Waals surface area (Å²) < 4.78 is 6.80. The quantitative estimate of drug-likeness (QED) is 0.719. The van der Waals surface area contributed by atoms with E-state index in [2.05, 4.69) is 20.0 Å². The highest BCUT2D eigenvalue weighted by molar-refractivity contribution is 5.86. The predicted molar refractivity (Wildman–Crippen MR) is 66.1 cm³/mol. The molecule has 2 rings (SSSR count). The smallest absolute Gasteiger partial charge is 0.163 e. The fourth-order valence-electron chi connectivity index (χ4n) is 1.81. The molecule has 2 heterocycles.